The lowest BCUT2D eigenvalue weighted by Gasteiger charge is -2.17. The third-order valence-electron chi connectivity index (χ3n) is 5.93. The molecule has 0 radical (unpaired) electrons. The van der Waals surface area contributed by atoms with Crippen molar-refractivity contribution in [2.45, 2.75) is 18.4 Å². The maximum absolute atomic E-state index is 12.5. The molecule has 5 rings (SSSR count). The number of rotatable bonds is 7. The highest BCUT2D eigenvalue weighted by molar-refractivity contribution is 5.81. The molecule has 0 spiro atoms. The second-order valence-electron chi connectivity index (χ2n) is 8.00. The number of nitrogens with zero attached hydrogens (tertiary/aromatic N) is 3. The lowest BCUT2D eigenvalue weighted by Crippen LogP contribution is -2.42. The number of carbonyl (C=O) groups excluding carboxylic acids is 1. The smallest absolute Gasteiger partial charge is 0.407 e. The number of benzene rings is 3. The number of nitrogens with one attached hydrogen (secondary N) is 2. The lowest BCUT2D eigenvalue weighted by molar-refractivity contribution is -0.139. The van der Waals surface area contributed by atoms with Gasteiger partial charge in [0.2, 0.25) is 5.82 Å². The molecule has 0 saturated carbocycles. The van der Waals surface area contributed by atoms with E-state index >= 15 is 0 Å². The third-order valence-corrected chi connectivity index (χ3v) is 5.93. The number of hydrogen-bond acceptors (Lipinski definition) is 6. The molecule has 0 bridgehead atoms. The zero-order chi connectivity index (χ0) is 23.5. The number of ether oxygens (including phenoxy) is 1. The van der Waals surface area contributed by atoms with E-state index in [1.54, 1.807) is 24.3 Å². The van der Waals surface area contributed by atoms with Crippen molar-refractivity contribution in [3.63, 3.8) is 0 Å². The van der Waals surface area contributed by atoms with Gasteiger partial charge in [-0.3, -0.25) is 0 Å². The molecular weight excluding hydrogens is 434 g/mol. The van der Waals surface area contributed by atoms with Crippen LogP contribution < -0.4 is 5.32 Å². The fraction of sp³-hybridized carbons (Fsp3) is 0.160. The van der Waals surface area contributed by atoms with Gasteiger partial charge in [-0.25, -0.2) is 9.59 Å². The van der Waals surface area contributed by atoms with E-state index in [4.69, 9.17) is 4.74 Å². The minimum Gasteiger partial charge on any atom is -0.480 e. The van der Waals surface area contributed by atoms with Crippen molar-refractivity contribution in [3.05, 3.63) is 89.5 Å². The molecule has 1 heterocycles. The Morgan fingerprint density at radius 1 is 0.971 bits per heavy atom. The van der Waals surface area contributed by atoms with Crippen molar-refractivity contribution in [3.8, 4) is 22.5 Å². The molecule has 9 heteroatoms. The maximum atomic E-state index is 12.5. The van der Waals surface area contributed by atoms with Crippen molar-refractivity contribution < 1.29 is 19.4 Å². The summed E-state index contributed by atoms with van der Waals surface area (Å²) in [6.07, 6.45) is -0.663. The number of aliphatic carboxylic acids is 1. The number of carboxylic acids is 1. The summed E-state index contributed by atoms with van der Waals surface area (Å²) in [4.78, 5) is 24.3. The zero-order valence-electron chi connectivity index (χ0n) is 18.0. The van der Waals surface area contributed by atoms with Crippen LogP contribution in [-0.4, -0.2) is 50.4 Å². The number of carboxylic acid groups (broad SMARTS) is 1. The Labute approximate surface area is 194 Å². The monoisotopic (exact) mass is 455 g/mol. The molecule has 34 heavy (non-hydrogen) atoms. The summed E-state index contributed by atoms with van der Waals surface area (Å²) >= 11 is 0. The van der Waals surface area contributed by atoms with Gasteiger partial charge in [0.1, 0.15) is 12.6 Å². The third kappa shape index (κ3) is 4.23. The second-order valence-corrected chi connectivity index (χ2v) is 8.00. The molecule has 170 valence electrons. The summed E-state index contributed by atoms with van der Waals surface area (Å²) in [7, 11) is 0. The van der Waals surface area contributed by atoms with E-state index in [9.17, 15) is 14.7 Å². The SMILES string of the molecule is O=C(NC(Cc1ccc(-c2nn[nH]n2)cc1)C(=O)O)OCC1c2ccccc2-c2ccccc21. The number of alkyl carbamates (subject to hydrolysis) is 1. The fourth-order valence-corrected chi connectivity index (χ4v) is 4.29. The number of H-pyrrole nitrogens is 1. The molecule has 1 unspecified atom stereocenters. The Kier molecular flexibility index (Phi) is 5.73. The quantitative estimate of drug-likeness (QED) is 0.389. The maximum Gasteiger partial charge on any atom is 0.407 e. The van der Waals surface area contributed by atoms with E-state index in [0.717, 1.165) is 33.4 Å². The minimum atomic E-state index is -1.14. The van der Waals surface area contributed by atoms with E-state index in [0.29, 0.717) is 5.82 Å². The Hall–Kier alpha value is -4.53. The highest BCUT2D eigenvalue weighted by atomic mass is 16.5. The van der Waals surface area contributed by atoms with Crippen LogP contribution in [0.2, 0.25) is 0 Å². The molecule has 0 aliphatic heterocycles. The Balaban J connectivity index is 1.23. The standard InChI is InChI=1S/C25H21N5O4/c31-24(32)22(13-15-9-11-16(12-10-15)23-27-29-30-28-23)26-25(33)34-14-21-19-7-3-1-5-17(19)18-6-2-4-8-20(18)21/h1-12,21-22H,13-14H2,(H,26,33)(H,31,32)(H,27,28,29,30). The fourth-order valence-electron chi connectivity index (χ4n) is 4.29. The normalized spacial score (nSPS) is 13.1. The van der Waals surface area contributed by atoms with Crippen LogP contribution in [0.3, 0.4) is 0 Å². The van der Waals surface area contributed by atoms with Gasteiger partial charge >= 0.3 is 12.1 Å². The Morgan fingerprint density at radius 2 is 1.62 bits per heavy atom. The van der Waals surface area contributed by atoms with Crippen molar-refractivity contribution in [2.75, 3.05) is 6.61 Å². The van der Waals surface area contributed by atoms with E-state index in [1.807, 2.05) is 36.4 Å². The van der Waals surface area contributed by atoms with Gasteiger partial charge in [-0.05, 0) is 33.0 Å². The van der Waals surface area contributed by atoms with Gasteiger partial charge in [0, 0.05) is 17.9 Å². The molecule has 1 amide bonds. The lowest BCUT2D eigenvalue weighted by atomic mass is 9.98. The molecular formula is C25H21N5O4. The molecule has 1 atom stereocenters. The van der Waals surface area contributed by atoms with Crippen LogP contribution >= 0.6 is 0 Å². The van der Waals surface area contributed by atoms with Crippen LogP contribution in [0.15, 0.2) is 72.8 Å². The summed E-state index contributed by atoms with van der Waals surface area (Å²) in [6.45, 7) is 0.117. The average Bonchev–Trinajstić information content (AvgIpc) is 3.50. The summed E-state index contributed by atoms with van der Waals surface area (Å²) in [5.41, 5.74) is 5.91. The van der Waals surface area contributed by atoms with E-state index in [2.05, 4.69) is 38.1 Å². The molecule has 3 aromatic carbocycles. The number of aromatic amines is 1. The summed E-state index contributed by atoms with van der Waals surface area (Å²) < 4.78 is 5.49. The highest BCUT2D eigenvalue weighted by Crippen LogP contribution is 2.44. The number of amides is 1. The van der Waals surface area contributed by atoms with Crippen molar-refractivity contribution in [2.24, 2.45) is 0 Å². The predicted octanol–water partition coefficient (Wildman–Crippen LogP) is 3.40. The van der Waals surface area contributed by atoms with Gasteiger partial charge in [-0.1, -0.05) is 72.8 Å². The summed E-state index contributed by atoms with van der Waals surface area (Å²) in [5, 5.41) is 25.8. The molecule has 1 aliphatic rings. The molecule has 4 aromatic rings. The minimum absolute atomic E-state index is 0.0980. The number of hydrogen-bond donors (Lipinski definition) is 3. The molecule has 0 saturated heterocycles. The van der Waals surface area contributed by atoms with Gasteiger partial charge in [0.25, 0.3) is 0 Å². The van der Waals surface area contributed by atoms with E-state index in [-0.39, 0.29) is 18.9 Å². The van der Waals surface area contributed by atoms with Gasteiger partial charge in [-0.15, -0.1) is 10.2 Å². The molecule has 9 nitrogen and oxygen atoms in total. The van der Waals surface area contributed by atoms with Crippen LogP contribution in [0.1, 0.15) is 22.6 Å². The second kappa shape index (κ2) is 9.14. The first kappa shape index (κ1) is 21.3. The molecule has 1 aliphatic carbocycles. The summed E-state index contributed by atoms with van der Waals surface area (Å²) in [6, 6.07) is 22.0. The molecule has 0 fully saturated rings. The molecule has 1 aromatic heterocycles. The summed E-state index contributed by atoms with van der Waals surface area (Å²) in [5.74, 6) is -0.798. The zero-order valence-corrected chi connectivity index (χ0v) is 18.0. The van der Waals surface area contributed by atoms with Crippen LogP contribution in [0.4, 0.5) is 4.79 Å². The topological polar surface area (TPSA) is 130 Å². The van der Waals surface area contributed by atoms with E-state index in [1.165, 1.54) is 0 Å². The largest absolute Gasteiger partial charge is 0.480 e. The van der Waals surface area contributed by atoms with Crippen molar-refractivity contribution in [1.29, 1.82) is 0 Å². The van der Waals surface area contributed by atoms with E-state index < -0.39 is 18.1 Å². The van der Waals surface area contributed by atoms with Gasteiger partial charge < -0.3 is 15.2 Å². The predicted molar refractivity (Wildman–Crippen MR) is 123 cm³/mol. The first-order chi connectivity index (χ1) is 16.6. The number of fused-ring (bicyclic) bond motifs is 3. The van der Waals surface area contributed by atoms with Crippen molar-refractivity contribution >= 4 is 12.1 Å². The Morgan fingerprint density at radius 3 is 2.21 bits per heavy atom. The van der Waals surface area contributed by atoms with Gasteiger partial charge in [0.05, 0.1) is 0 Å². The average molecular weight is 455 g/mol. The highest BCUT2D eigenvalue weighted by Gasteiger charge is 2.29. The van der Waals surface area contributed by atoms with Gasteiger partial charge in [-0.2, -0.15) is 5.21 Å². The van der Waals surface area contributed by atoms with Crippen LogP contribution in [0.25, 0.3) is 22.5 Å². The number of carbonyl (C=O) groups is 2. The number of tetrazole rings is 1. The first-order valence-corrected chi connectivity index (χ1v) is 10.8. The molecule has 3 N–H and O–H groups in total. The number of aromatic nitrogens is 4. The van der Waals surface area contributed by atoms with Crippen molar-refractivity contribution in [1.82, 2.24) is 25.9 Å². The first-order valence-electron chi connectivity index (χ1n) is 10.8. The Bertz CT molecular complexity index is 1280. The van der Waals surface area contributed by atoms with Crippen LogP contribution in [0.5, 0.6) is 0 Å². The van der Waals surface area contributed by atoms with Gasteiger partial charge in [0.15, 0.2) is 0 Å². The van der Waals surface area contributed by atoms with Crippen LogP contribution in [0, 0.1) is 0 Å². The van der Waals surface area contributed by atoms with Crippen LogP contribution in [-0.2, 0) is 16.0 Å².